The minimum absolute atomic E-state index is 0.150. The summed E-state index contributed by atoms with van der Waals surface area (Å²) in [5, 5.41) is 9.39. The summed E-state index contributed by atoms with van der Waals surface area (Å²) in [6.45, 7) is 3.08. The van der Waals surface area contributed by atoms with Crippen molar-refractivity contribution >= 4 is 22.8 Å². The number of piperidine rings is 1. The molecule has 0 spiro atoms. The zero-order valence-corrected chi connectivity index (χ0v) is 17.8. The molecule has 4 heterocycles. The number of rotatable bonds is 4. The molecule has 9 heteroatoms. The van der Waals surface area contributed by atoms with Gasteiger partial charge in [-0.05, 0) is 44.0 Å². The van der Waals surface area contributed by atoms with E-state index in [1.165, 1.54) is 6.07 Å². The third-order valence-corrected chi connectivity index (χ3v) is 6.30. The molecule has 4 aromatic rings. The predicted molar refractivity (Wildman–Crippen MR) is 120 cm³/mol. The molecule has 0 amide bonds. The van der Waals surface area contributed by atoms with Crippen LogP contribution in [0, 0.1) is 17.0 Å². The van der Waals surface area contributed by atoms with Crippen molar-refractivity contribution in [2.45, 2.75) is 19.8 Å². The van der Waals surface area contributed by atoms with E-state index in [1.54, 1.807) is 25.4 Å². The molecule has 168 valence electrons. The summed E-state index contributed by atoms with van der Waals surface area (Å²) >= 11 is 0. The van der Waals surface area contributed by atoms with Crippen molar-refractivity contribution in [2.75, 3.05) is 18.0 Å². The van der Waals surface area contributed by atoms with Crippen LogP contribution in [0.4, 0.5) is 14.6 Å². The molecule has 7 nitrogen and oxygen atoms in total. The van der Waals surface area contributed by atoms with Crippen LogP contribution in [0.2, 0.25) is 0 Å². The van der Waals surface area contributed by atoms with Gasteiger partial charge in [0.25, 0.3) is 0 Å². The Labute approximate surface area is 188 Å². The summed E-state index contributed by atoms with van der Waals surface area (Å²) in [5.41, 5.74) is 1.87. The molecule has 0 unspecified atom stereocenters. The molecule has 0 atom stereocenters. The molecule has 33 heavy (non-hydrogen) atoms. The van der Waals surface area contributed by atoms with Crippen LogP contribution < -0.4 is 4.90 Å². The van der Waals surface area contributed by atoms with Gasteiger partial charge in [-0.15, -0.1) is 0 Å². The van der Waals surface area contributed by atoms with E-state index in [2.05, 4.69) is 24.8 Å². The minimum atomic E-state index is -0.750. The molecule has 0 bridgehead atoms. The Morgan fingerprint density at radius 1 is 1.06 bits per heavy atom. The van der Waals surface area contributed by atoms with Crippen LogP contribution in [-0.4, -0.2) is 44.1 Å². The van der Waals surface area contributed by atoms with E-state index in [9.17, 15) is 18.7 Å². The van der Waals surface area contributed by atoms with Gasteiger partial charge in [0, 0.05) is 48.7 Å². The number of halogens is 2. The quantitative estimate of drug-likeness (QED) is 0.471. The van der Waals surface area contributed by atoms with Crippen molar-refractivity contribution in [1.82, 2.24) is 19.9 Å². The summed E-state index contributed by atoms with van der Waals surface area (Å²) in [7, 11) is 0. The second kappa shape index (κ2) is 7.91. The fourth-order valence-electron chi connectivity index (χ4n) is 4.05. The van der Waals surface area contributed by atoms with Crippen molar-refractivity contribution in [2.24, 2.45) is 5.41 Å². The molecule has 0 radical (unpaired) electrons. The monoisotopic (exact) mass is 449 g/mol. The van der Waals surface area contributed by atoms with Crippen LogP contribution in [0.5, 0.6) is 0 Å². The lowest BCUT2D eigenvalue weighted by Crippen LogP contribution is -2.43. The second-order valence-electron chi connectivity index (χ2n) is 8.56. The van der Waals surface area contributed by atoms with Gasteiger partial charge in [0.05, 0.1) is 16.6 Å². The summed E-state index contributed by atoms with van der Waals surface area (Å²) in [5.74, 6) is -0.913. The van der Waals surface area contributed by atoms with Gasteiger partial charge >= 0.3 is 5.97 Å². The van der Waals surface area contributed by atoms with Gasteiger partial charge in [-0.2, -0.15) is 0 Å². The van der Waals surface area contributed by atoms with Crippen molar-refractivity contribution in [3.63, 3.8) is 0 Å². The molecular formula is C24H21F2N5O2. The first-order valence-electron chi connectivity index (χ1n) is 10.6. The number of aliphatic carboxylic acids is 1. The summed E-state index contributed by atoms with van der Waals surface area (Å²) in [4.78, 5) is 29.7. The molecule has 0 saturated carbocycles. The first kappa shape index (κ1) is 21.0. The van der Waals surface area contributed by atoms with E-state index < -0.39 is 23.0 Å². The topological polar surface area (TPSA) is 95.0 Å². The normalized spacial score (nSPS) is 15.7. The third-order valence-electron chi connectivity index (χ3n) is 6.30. The fourth-order valence-corrected chi connectivity index (χ4v) is 4.05. The molecule has 1 aliphatic heterocycles. The van der Waals surface area contributed by atoms with E-state index in [0.717, 1.165) is 17.4 Å². The molecule has 0 aliphatic carbocycles. The maximum absolute atomic E-state index is 13.9. The number of carboxylic acid groups (broad SMARTS) is 1. The number of nitrogens with one attached hydrogen (secondary N) is 1. The molecule has 2 N–H and O–H groups in total. The number of anilines is 1. The van der Waals surface area contributed by atoms with Crippen LogP contribution in [0.1, 0.15) is 19.8 Å². The number of H-pyrrole nitrogens is 1. The van der Waals surface area contributed by atoms with Gasteiger partial charge < -0.3 is 15.0 Å². The van der Waals surface area contributed by atoms with Crippen LogP contribution >= 0.6 is 0 Å². The lowest BCUT2D eigenvalue weighted by atomic mass is 9.80. The van der Waals surface area contributed by atoms with Crippen LogP contribution in [0.15, 0.2) is 48.8 Å². The second-order valence-corrected chi connectivity index (χ2v) is 8.56. The number of aromatic amines is 1. The average Bonchev–Trinajstić information content (AvgIpc) is 3.24. The summed E-state index contributed by atoms with van der Waals surface area (Å²) in [6.07, 6.45) is 4.51. The Kier molecular flexibility index (Phi) is 5.03. The highest BCUT2D eigenvalue weighted by Gasteiger charge is 2.37. The zero-order valence-electron chi connectivity index (χ0n) is 17.8. The fraction of sp³-hybridized carbons (Fsp3) is 0.250. The number of benzene rings is 1. The van der Waals surface area contributed by atoms with Gasteiger partial charge in [-0.1, -0.05) is 0 Å². The average molecular weight is 449 g/mol. The predicted octanol–water partition coefficient (Wildman–Crippen LogP) is 4.66. The smallest absolute Gasteiger partial charge is 0.309 e. The van der Waals surface area contributed by atoms with Gasteiger partial charge in [-0.3, -0.25) is 9.78 Å². The van der Waals surface area contributed by atoms with E-state index in [-0.39, 0.29) is 11.0 Å². The Hall–Kier alpha value is -3.88. The highest BCUT2D eigenvalue weighted by molar-refractivity contribution is 5.80. The number of hydrogen-bond acceptors (Lipinski definition) is 5. The highest BCUT2D eigenvalue weighted by atomic mass is 19.1. The Balaban J connectivity index is 1.32. The molecule has 5 rings (SSSR count). The number of aromatic nitrogens is 4. The van der Waals surface area contributed by atoms with E-state index in [0.29, 0.717) is 43.0 Å². The molecule has 1 aliphatic rings. The van der Waals surface area contributed by atoms with E-state index >= 15 is 0 Å². The van der Waals surface area contributed by atoms with Gasteiger partial charge in [0.15, 0.2) is 5.82 Å². The molecule has 1 saturated heterocycles. The maximum atomic E-state index is 13.9. The van der Waals surface area contributed by atoms with Crippen molar-refractivity contribution in [3.05, 3.63) is 60.4 Å². The standard InChI is InChI=1S/C24H21F2N5O2/c1-24(23(32)33)6-8-31(9-7-24)20-5-3-14(12-28-20)18-4-2-15(13-27-18)22-29-19-11-16(25)10-17(26)21(19)30-22/h2-5,10-13H,6-9H2,1H3,(H,29,30)(H,32,33). The first-order valence-corrected chi connectivity index (χ1v) is 10.6. The zero-order chi connectivity index (χ0) is 23.2. The maximum Gasteiger partial charge on any atom is 0.309 e. The number of carboxylic acids is 1. The summed E-state index contributed by atoms with van der Waals surface area (Å²) in [6, 6.07) is 9.45. The number of carbonyl (C=O) groups is 1. The molecule has 1 aromatic carbocycles. The van der Waals surface area contributed by atoms with Crippen molar-refractivity contribution in [1.29, 1.82) is 0 Å². The number of hydrogen-bond donors (Lipinski definition) is 2. The Morgan fingerprint density at radius 3 is 2.42 bits per heavy atom. The van der Waals surface area contributed by atoms with Crippen LogP contribution in [-0.2, 0) is 4.79 Å². The molecular weight excluding hydrogens is 428 g/mol. The lowest BCUT2D eigenvalue weighted by molar-refractivity contribution is -0.149. The van der Waals surface area contributed by atoms with Gasteiger partial charge in [0.1, 0.15) is 23.0 Å². The lowest BCUT2D eigenvalue weighted by Gasteiger charge is -2.37. The van der Waals surface area contributed by atoms with Crippen LogP contribution in [0.3, 0.4) is 0 Å². The Morgan fingerprint density at radius 2 is 1.79 bits per heavy atom. The van der Waals surface area contributed by atoms with Crippen LogP contribution in [0.25, 0.3) is 33.7 Å². The number of imidazole rings is 1. The largest absolute Gasteiger partial charge is 0.481 e. The van der Waals surface area contributed by atoms with Gasteiger partial charge in [-0.25, -0.2) is 18.7 Å². The highest BCUT2D eigenvalue weighted by Crippen LogP contribution is 2.33. The number of nitrogens with zero attached hydrogens (tertiary/aromatic N) is 4. The van der Waals surface area contributed by atoms with Crippen molar-refractivity contribution < 1.29 is 18.7 Å². The molecule has 1 fully saturated rings. The summed E-state index contributed by atoms with van der Waals surface area (Å²) < 4.78 is 27.4. The third kappa shape index (κ3) is 3.90. The van der Waals surface area contributed by atoms with Crippen molar-refractivity contribution in [3.8, 4) is 22.6 Å². The minimum Gasteiger partial charge on any atom is -0.481 e. The Bertz CT molecular complexity index is 1330. The molecule has 3 aromatic heterocycles. The number of fused-ring (bicyclic) bond motifs is 1. The van der Waals surface area contributed by atoms with E-state index in [4.69, 9.17) is 0 Å². The SMILES string of the molecule is CC1(C(=O)O)CCN(c2ccc(-c3ccc(-c4nc5cc(F)cc(F)c5[nH]4)cn3)cn2)CC1. The van der Waals surface area contributed by atoms with Gasteiger partial charge in [0.2, 0.25) is 0 Å². The van der Waals surface area contributed by atoms with E-state index in [1.807, 2.05) is 18.2 Å². The first-order chi connectivity index (χ1) is 15.8. The number of pyridine rings is 2.